The summed E-state index contributed by atoms with van der Waals surface area (Å²) >= 11 is 0. The Hall–Kier alpha value is -1.35. The number of rotatable bonds is 6. The predicted molar refractivity (Wildman–Crippen MR) is 75.1 cm³/mol. The Morgan fingerprint density at radius 2 is 1.83 bits per heavy atom. The second-order valence-corrected chi connectivity index (χ2v) is 5.26. The van der Waals surface area contributed by atoms with E-state index in [4.69, 9.17) is 5.73 Å². The summed E-state index contributed by atoms with van der Waals surface area (Å²) in [4.78, 5) is 11.8. The average molecular weight is 248 g/mol. The van der Waals surface area contributed by atoms with Crippen LogP contribution in [0.15, 0.2) is 30.3 Å². The van der Waals surface area contributed by atoms with E-state index in [1.807, 2.05) is 30.3 Å². The molecule has 1 unspecified atom stereocenters. The highest BCUT2D eigenvalue weighted by Gasteiger charge is 2.15. The lowest BCUT2D eigenvalue weighted by Crippen LogP contribution is -2.43. The molecule has 0 fully saturated rings. The Morgan fingerprint density at radius 1 is 1.22 bits per heavy atom. The Kier molecular flexibility index (Phi) is 5.86. The van der Waals surface area contributed by atoms with E-state index < -0.39 is 6.04 Å². The lowest BCUT2D eigenvalue weighted by atomic mass is 9.98. The standard InChI is InChI=1S/C15H24N2O/c1-11(2)12(3)10-17-15(18)14(16)9-13-7-5-4-6-8-13/h4-8,11-12,14H,9-10,16H2,1-3H3,(H,17,18)/t12?,14-/m1/s1. The Bertz CT molecular complexity index is 362. The molecule has 0 aliphatic heterocycles. The molecule has 3 nitrogen and oxygen atoms in total. The topological polar surface area (TPSA) is 55.1 Å². The Balaban J connectivity index is 2.38. The number of hydrogen-bond acceptors (Lipinski definition) is 2. The van der Waals surface area contributed by atoms with Crippen molar-refractivity contribution in [3.8, 4) is 0 Å². The molecule has 0 heterocycles. The zero-order chi connectivity index (χ0) is 13.5. The fraction of sp³-hybridized carbons (Fsp3) is 0.533. The van der Waals surface area contributed by atoms with Crippen molar-refractivity contribution in [2.75, 3.05) is 6.54 Å². The molecule has 3 N–H and O–H groups in total. The predicted octanol–water partition coefficient (Wildman–Crippen LogP) is 1.96. The molecule has 3 heteroatoms. The highest BCUT2D eigenvalue weighted by Crippen LogP contribution is 2.08. The number of nitrogens with two attached hydrogens (primary N) is 1. The molecule has 0 saturated carbocycles. The molecule has 1 rings (SSSR count). The zero-order valence-electron chi connectivity index (χ0n) is 11.5. The maximum absolute atomic E-state index is 11.8. The number of carbonyl (C=O) groups is 1. The molecule has 1 aromatic carbocycles. The third kappa shape index (κ3) is 4.88. The third-order valence-corrected chi connectivity index (χ3v) is 3.37. The van der Waals surface area contributed by atoms with Gasteiger partial charge in [0.1, 0.15) is 0 Å². The van der Waals surface area contributed by atoms with E-state index >= 15 is 0 Å². The van der Waals surface area contributed by atoms with Gasteiger partial charge in [-0.1, -0.05) is 51.1 Å². The summed E-state index contributed by atoms with van der Waals surface area (Å²) in [6.45, 7) is 7.13. The molecule has 0 spiro atoms. The van der Waals surface area contributed by atoms with E-state index in [-0.39, 0.29) is 5.91 Å². The van der Waals surface area contributed by atoms with Crippen molar-refractivity contribution in [2.45, 2.75) is 33.2 Å². The van der Waals surface area contributed by atoms with E-state index in [1.165, 1.54) is 0 Å². The largest absolute Gasteiger partial charge is 0.354 e. The van der Waals surface area contributed by atoms with Crippen LogP contribution in [0.1, 0.15) is 26.3 Å². The van der Waals surface area contributed by atoms with Crippen molar-refractivity contribution in [2.24, 2.45) is 17.6 Å². The molecule has 1 amide bonds. The number of hydrogen-bond donors (Lipinski definition) is 2. The first-order valence-corrected chi connectivity index (χ1v) is 6.58. The van der Waals surface area contributed by atoms with Crippen molar-refractivity contribution in [1.82, 2.24) is 5.32 Å². The average Bonchev–Trinajstić information content (AvgIpc) is 2.36. The molecule has 0 bridgehead atoms. The lowest BCUT2D eigenvalue weighted by Gasteiger charge is -2.18. The van der Waals surface area contributed by atoms with Crippen molar-refractivity contribution in [1.29, 1.82) is 0 Å². The lowest BCUT2D eigenvalue weighted by molar-refractivity contribution is -0.122. The smallest absolute Gasteiger partial charge is 0.237 e. The minimum absolute atomic E-state index is 0.0636. The SMILES string of the molecule is CC(C)C(C)CNC(=O)[C@H](N)Cc1ccccc1. The maximum Gasteiger partial charge on any atom is 0.237 e. The van der Waals surface area contributed by atoms with Gasteiger partial charge in [0, 0.05) is 6.54 Å². The molecule has 0 aliphatic rings. The van der Waals surface area contributed by atoms with Crippen LogP contribution in [-0.4, -0.2) is 18.5 Å². The van der Waals surface area contributed by atoms with Gasteiger partial charge in [0.05, 0.1) is 6.04 Å². The second kappa shape index (κ2) is 7.17. The highest BCUT2D eigenvalue weighted by molar-refractivity contribution is 5.81. The van der Waals surface area contributed by atoms with E-state index in [0.29, 0.717) is 24.8 Å². The van der Waals surface area contributed by atoms with Gasteiger partial charge in [-0.15, -0.1) is 0 Å². The van der Waals surface area contributed by atoms with Crippen molar-refractivity contribution >= 4 is 5.91 Å². The first-order valence-electron chi connectivity index (χ1n) is 6.58. The normalized spacial score (nSPS) is 14.3. The van der Waals surface area contributed by atoms with Crippen LogP contribution in [0.5, 0.6) is 0 Å². The molecule has 0 saturated heterocycles. The molecular formula is C15H24N2O. The van der Waals surface area contributed by atoms with Gasteiger partial charge in [-0.2, -0.15) is 0 Å². The van der Waals surface area contributed by atoms with Gasteiger partial charge < -0.3 is 11.1 Å². The molecule has 0 aliphatic carbocycles. The van der Waals surface area contributed by atoms with Gasteiger partial charge >= 0.3 is 0 Å². The van der Waals surface area contributed by atoms with Gasteiger partial charge in [-0.3, -0.25) is 4.79 Å². The van der Waals surface area contributed by atoms with Crippen molar-refractivity contribution in [3.63, 3.8) is 0 Å². The van der Waals surface area contributed by atoms with Gasteiger partial charge in [0.25, 0.3) is 0 Å². The summed E-state index contributed by atoms with van der Waals surface area (Å²) in [7, 11) is 0. The third-order valence-electron chi connectivity index (χ3n) is 3.37. The van der Waals surface area contributed by atoms with Crippen LogP contribution in [0.4, 0.5) is 0 Å². The van der Waals surface area contributed by atoms with Gasteiger partial charge in [-0.25, -0.2) is 0 Å². The van der Waals surface area contributed by atoms with E-state index in [0.717, 1.165) is 5.56 Å². The van der Waals surface area contributed by atoms with Crippen LogP contribution in [0, 0.1) is 11.8 Å². The molecule has 100 valence electrons. The van der Waals surface area contributed by atoms with Crippen LogP contribution in [0.25, 0.3) is 0 Å². The van der Waals surface area contributed by atoms with Crippen LogP contribution in [0.3, 0.4) is 0 Å². The van der Waals surface area contributed by atoms with Crippen molar-refractivity contribution in [3.05, 3.63) is 35.9 Å². The number of benzene rings is 1. The molecule has 1 aromatic rings. The zero-order valence-corrected chi connectivity index (χ0v) is 11.5. The number of carbonyl (C=O) groups excluding carboxylic acids is 1. The molecule has 18 heavy (non-hydrogen) atoms. The van der Waals surface area contributed by atoms with E-state index in [1.54, 1.807) is 0 Å². The van der Waals surface area contributed by atoms with Crippen LogP contribution in [-0.2, 0) is 11.2 Å². The first kappa shape index (κ1) is 14.7. The van der Waals surface area contributed by atoms with E-state index in [2.05, 4.69) is 26.1 Å². The van der Waals surface area contributed by atoms with Gasteiger partial charge in [0.2, 0.25) is 5.91 Å². The summed E-state index contributed by atoms with van der Waals surface area (Å²) in [6, 6.07) is 9.39. The molecule has 0 aromatic heterocycles. The monoisotopic (exact) mass is 248 g/mol. The summed E-state index contributed by atoms with van der Waals surface area (Å²) in [6.07, 6.45) is 0.586. The number of nitrogens with one attached hydrogen (secondary N) is 1. The quantitative estimate of drug-likeness (QED) is 0.808. The molecule has 2 atom stereocenters. The fourth-order valence-electron chi connectivity index (χ4n) is 1.59. The fourth-order valence-corrected chi connectivity index (χ4v) is 1.59. The van der Waals surface area contributed by atoms with Gasteiger partial charge in [-0.05, 0) is 23.8 Å². The summed E-state index contributed by atoms with van der Waals surface area (Å²) in [5, 5.41) is 2.92. The minimum Gasteiger partial charge on any atom is -0.354 e. The van der Waals surface area contributed by atoms with Crippen LogP contribution < -0.4 is 11.1 Å². The van der Waals surface area contributed by atoms with E-state index in [9.17, 15) is 4.79 Å². The Labute approximate surface area is 110 Å². The van der Waals surface area contributed by atoms with Crippen molar-refractivity contribution < 1.29 is 4.79 Å². The molecule has 0 radical (unpaired) electrons. The summed E-state index contributed by atoms with van der Waals surface area (Å²) in [5.74, 6) is 0.972. The van der Waals surface area contributed by atoms with Gasteiger partial charge in [0.15, 0.2) is 0 Å². The first-order chi connectivity index (χ1) is 8.50. The van der Waals surface area contributed by atoms with Crippen LogP contribution >= 0.6 is 0 Å². The summed E-state index contributed by atoms with van der Waals surface area (Å²) in [5.41, 5.74) is 6.99. The summed E-state index contributed by atoms with van der Waals surface area (Å²) < 4.78 is 0. The second-order valence-electron chi connectivity index (χ2n) is 5.26. The number of amides is 1. The highest BCUT2D eigenvalue weighted by atomic mass is 16.2. The maximum atomic E-state index is 11.8. The van der Waals surface area contributed by atoms with Crippen LogP contribution in [0.2, 0.25) is 0 Å². The Morgan fingerprint density at radius 3 is 2.39 bits per heavy atom. The minimum atomic E-state index is -0.466. The molecular weight excluding hydrogens is 224 g/mol.